The molecule has 0 aromatic heterocycles. The van der Waals surface area contributed by atoms with Gasteiger partial charge in [0.05, 0.1) is 18.0 Å². The summed E-state index contributed by atoms with van der Waals surface area (Å²) in [5.74, 6) is 1.80. The molecule has 0 bridgehead atoms. The minimum Gasteiger partial charge on any atom is -0.493 e. The Kier molecular flexibility index (Phi) is 6.40. The van der Waals surface area contributed by atoms with Crippen LogP contribution < -0.4 is 14.4 Å². The van der Waals surface area contributed by atoms with Gasteiger partial charge in [0.2, 0.25) is 5.91 Å². The maximum absolute atomic E-state index is 12.0. The van der Waals surface area contributed by atoms with Gasteiger partial charge in [0.1, 0.15) is 6.61 Å². The molecule has 22 heavy (non-hydrogen) atoms. The maximum atomic E-state index is 12.0. The van der Waals surface area contributed by atoms with Crippen molar-refractivity contribution in [1.29, 1.82) is 0 Å². The Balaban J connectivity index is 2.09. The third-order valence-corrected chi connectivity index (χ3v) is 4.96. The highest BCUT2D eigenvalue weighted by Gasteiger charge is 2.30. The summed E-state index contributed by atoms with van der Waals surface area (Å²) >= 11 is 4.93. The topological polar surface area (TPSA) is 59.0 Å². The van der Waals surface area contributed by atoms with E-state index in [0.29, 0.717) is 23.8 Å². The minimum atomic E-state index is -0.520. The maximum Gasteiger partial charge on any atom is 0.240 e. The van der Waals surface area contributed by atoms with Gasteiger partial charge < -0.3 is 19.5 Å². The number of alkyl halides is 1. The number of carbonyl (C=O) groups excluding carboxylic acids is 1. The van der Waals surface area contributed by atoms with Gasteiger partial charge in [-0.05, 0) is 24.8 Å². The van der Waals surface area contributed by atoms with E-state index in [0.717, 1.165) is 12.1 Å². The Morgan fingerprint density at radius 2 is 2.27 bits per heavy atom. The predicted octanol–water partition coefficient (Wildman–Crippen LogP) is 2.30. The second kappa shape index (κ2) is 8.08. The van der Waals surface area contributed by atoms with Crippen LogP contribution in [0, 0.1) is 0 Å². The average molecular weight is 390 g/mol. The summed E-state index contributed by atoms with van der Waals surface area (Å²) in [7, 11) is 1.56. The van der Waals surface area contributed by atoms with Crippen molar-refractivity contribution < 1.29 is 19.4 Å². The van der Waals surface area contributed by atoms with Crippen molar-refractivity contribution in [3.8, 4) is 11.5 Å². The first-order valence-electron chi connectivity index (χ1n) is 7.00. The second-order valence-corrected chi connectivity index (χ2v) is 7.02. The molecule has 0 saturated carbocycles. The molecule has 1 aromatic rings. The predicted molar refractivity (Wildman–Crippen MR) is 92.6 cm³/mol. The zero-order valence-electron chi connectivity index (χ0n) is 12.6. The number of hydrogen-bond donors (Lipinski definition) is 1. The summed E-state index contributed by atoms with van der Waals surface area (Å²) in [6.07, 6.45) is 2.21. The van der Waals surface area contributed by atoms with Crippen LogP contribution >= 0.6 is 27.7 Å². The molecule has 1 aliphatic rings. The van der Waals surface area contributed by atoms with Crippen LogP contribution in [0.2, 0.25) is 0 Å². The summed E-state index contributed by atoms with van der Waals surface area (Å²) in [5, 5.41) is 9.72. The number of anilines is 1. The van der Waals surface area contributed by atoms with E-state index < -0.39 is 6.10 Å². The number of benzene rings is 1. The first-order valence-corrected chi connectivity index (χ1v) is 9.31. The molecule has 0 radical (unpaired) electrons. The molecule has 2 atom stereocenters. The number of halogens is 1. The normalized spacial score (nSPS) is 19.4. The lowest BCUT2D eigenvalue weighted by Gasteiger charge is -2.19. The lowest BCUT2D eigenvalue weighted by molar-refractivity contribution is -0.116. The number of aliphatic hydroxyl groups is 1. The third-order valence-electron chi connectivity index (χ3n) is 3.39. The van der Waals surface area contributed by atoms with E-state index in [1.54, 1.807) is 35.9 Å². The first-order chi connectivity index (χ1) is 10.6. The zero-order valence-corrected chi connectivity index (χ0v) is 15.0. The van der Waals surface area contributed by atoms with E-state index in [4.69, 9.17) is 9.47 Å². The quantitative estimate of drug-likeness (QED) is 0.725. The number of nitrogens with zero attached hydrogens (tertiary/aromatic N) is 1. The molecule has 1 heterocycles. The fourth-order valence-electron chi connectivity index (χ4n) is 2.27. The van der Waals surface area contributed by atoms with Crippen LogP contribution in [0.5, 0.6) is 11.5 Å². The lowest BCUT2D eigenvalue weighted by atomic mass is 10.2. The second-order valence-electron chi connectivity index (χ2n) is 5.00. The third kappa shape index (κ3) is 4.08. The zero-order chi connectivity index (χ0) is 16.1. The standard InChI is InChI=1S/C15H20BrNO4S/c1-20-14-7-10(17-6-5-12(16)15(17)19)3-4-13(14)21-8-11(18)9-22-2/h3-4,7,11-12,18H,5-6,8-9H2,1-2H3. The van der Waals surface area contributed by atoms with Gasteiger partial charge in [-0.2, -0.15) is 11.8 Å². The molecule has 1 aliphatic heterocycles. The van der Waals surface area contributed by atoms with Gasteiger partial charge in [-0.25, -0.2) is 0 Å². The number of rotatable bonds is 7. The Bertz CT molecular complexity index is 528. The lowest BCUT2D eigenvalue weighted by Crippen LogP contribution is -2.27. The number of ether oxygens (including phenoxy) is 2. The Labute approximate surface area is 143 Å². The summed E-state index contributed by atoms with van der Waals surface area (Å²) in [5.41, 5.74) is 0.792. The first kappa shape index (κ1) is 17.4. The molecule has 1 amide bonds. The van der Waals surface area contributed by atoms with E-state index in [1.807, 2.05) is 12.3 Å². The van der Waals surface area contributed by atoms with Crippen LogP contribution in [-0.4, -0.2) is 54.2 Å². The van der Waals surface area contributed by atoms with Crippen LogP contribution in [0.25, 0.3) is 0 Å². The van der Waals surface area contributed by atoms with Gasteiger partial charge in [0.25, 0.3) is 0 Å². The molecule has 1 aromatic carbocycles. The fourth-order valence-corrected chi connectivity index (χ4v) is 3.20. The van der Waals surface area contributed by atoms with Crippen molar-refractivity contribution in [3.05, 3.63) is 18.2 Å². The molecule has 2 rings (SSSR count). The number of thioether (sulfide) groups is 1. The summed E-state index contributed by atoms with van der Waals surface area (Å²) < 4.78 is 10.9. The van der Waals surface area contributed by atoms with E-state index in [1.165, 1.54) is 0 Å². The minimum absolute atomic E-state index is 0.0612. The monoisotopic (exact) mass is 389 g/mol. The molecule has 7 heteroatoms. The fraction of sp³-hybridized carbons (Fsp3) is 0.533. The van der Waals surface area contributed by atoms with Gasteiger partial charge in [0.15, 0.2) is 11.5 Å². The number of hydrogen-bond acceptors (Lipinski definition) is 5. The Hall–Kier alpha value is -0.920. The highest BCUT2D eigenvalue weighted by atomic mass is 79.9. The highest BCUT2D eigenvalue weighted by molar-refractivity contribution is 9.10. The van der Waals surface area contributed by atoms with Crippen molar-refractivity contribution in [3.63, 3.8) is 0 Å². The average Bonchev–Trinajstić information content (AvgIpc) is 2.85. The van der Waals surface area contributed by atoms with E-state index >= 15 is 0 Å². The molecule has 0 spiro atoms. The number of methoxy groups -OCH3 is 1. The van der Waals surface area contributed by atoms with Gasteiger partial charge >= 0.3 is 0 Å². The van der Waals surface area contributed by atoms with Crippen LogP contribution in [0.15, 0.2) is 18.2 Å². The van der Waals surface area contributed by atoms with Gasteiger partial charge in [-0.3, -0.25) is 4.79 Å². The van der Waals surface area contributed by atoms with Crippen LogP contribution in [-0.2, 0) is 4.79 Å². The van der Waals surface area contributed by atoms with Crippen molar-refractivity contribution >= 4 is 39.3 Å². The largest absolute Gasteiger partial charge is 0.493 e. The van der Waals surface area contributed by atoms with Crippen LogP contribution in [0.3, 0.4) is 0 Å². The van der Waals surface area contributed by atoms with Crippen LogP contribution in [0.1, 0.15) is 6.42 Å². The summed E-state index contributed by atoms with van der Waals surface area (Å²) in [6, 6.07) is 5.40. The molecule has 122 valence electrons. The molecule has 1 saturated heterocycles. The van der Waals surface area contributed by atoms with Crippen LogP contribution in [0.4, 0.5) is 5.69 Å². The van der Waals surface area contributed by atoms with E-state index in [2.05, 4.69) is 15.9 Å². The number of amides is 1. The van der Waals surface area contributed by atoms with E-state index in [-0.39, 0.29) is 17.3 Å². The van der Waals surface area contributed by atoms with Crippen molar-refractivity contribution in [2.24, 2.45) is 0 Å². The SMILES string of the molecule is COc1cc(N2CCC(Br)C2=O)ccc1OCC(O)CSC. The number of carbonyl (C=O) groups is 1. The van der Waals surface area contributed by atoms with Crippen molar-refractivity contribution in [2.75, 3.05) is 37.2 Å². The molecule has 1 fully saturated rings. The highest BCUT2D eigenvalue weighted by Crippen LogP contribution is 2.34. The Morgan fingerprint density at radius 1 is 1.50 bits per heavy atom. The molecule has 1 N–H and O–H groups in total. The van der Waals surface area contributed by atoms with Crippen molar-refractivity contribution in [1.82, 2.24) is 0 Å². The molecular formula is C15H20BrNO4S. The Morgan fingerprint density at radius 3 is 2.86 bits per heavy atom. The molecule has 0 aliphatic carbocycles. The van der Waals surface area contributed by atoms with Crippen molar-refractivity contribution in [2.45, 2.75) is 17.4 Å². The van der Waals surface area contributed by atoms with Gasteiger partial charge in [0, 0.05) is 24.1 Å². The molecule has 5 nitrogen and oxygen atoms in total. The van der Waals surface area contributed by atoms with E-state index in [9.17, 15) is 9.90 Å². The summed E-state index contributed by atoms with van der Waals surface area (Å²) in [4.78, 5) is 13.7. The van der Waals surface area contributed by atoms with Gasteiger partial charge in [-0.15, -0.1) is 0 Å². The van der Waals surface area contributed by atoms with Gasteiger partial charge in [-0.1, -0.05) is 15.9 Å². The summed E-state index contributed by atoms with van der Waals surface area (Å²) in [6.45, 7) is 0.896. The smallest absolute Gasteiger partial charge is 0.240 e. The molecular weight excluding hydrogens is 370 g/mol. The molecule has 2 unspecified atom stereocenters. The number of aliphatic hydroxyl groups excluding tert-OH is 1.